The van der Waals surface area contributed by atoms with Gasteiger partial charge in [-0.3, -0.25) is 4.98 Å². The average molecular weight is 346 g/mol. The largest absolute Gasteiger partial charge is 0.463 e. The fraction of sp³-hybridized carbons (Fsp3) is 0. The van der Waals surface area contributed by atoms with Gasteiger partial charge in [-0.05, 0) is 42.0 Å². The number of aromatic nitrogens is 2. The molecule has 0 fully saturated rings. The Bertz CT molecular complexity index is 1030. The third-order valence-corrected chi connectivity index (χ3v) is 4.28. The quantitative estimate of drug-likeness (QED) is 0.517. The molecule has 122 valence electrons. The Morgan fingerprint density at radius 3 is 2.60 bits per heavy atom. The molecule has 4 rings (SSSR count). The summed E-state index contributed by atoms with van der Waals surface area (Å²) in [7, 11) is 0. The van der Waals surface area contributed by atoms with Gasteiger partial charge < -0.3 is 4.42 Å². The number of furan rings is 1. The summed E-state index contributed by atoms with van der Waals surface area (Å²) in [5.74, 6) is 0.748. The van der Waals surface area contributed by atoms with Crippen LogP contribution in [0.2, 0.25) is 0 Å². The van der Waals surface area contributed by atoms with Crippen LogP contribution in [-0.2, 0) is 0 Å². The van der Waals surface area contributed by atoms with E-state index in [0.29, 0.717) is 0 Å². The lowest BCUT2D eigenvalue weighted by atomic mass is 10.3. The lowest BCUT2D eigenvalue weighted by molar-refractivity contribution is 0.575. The van der Waals surface area contributed by atoms with Crippen LogP contribution in [0, 0.1) is 0 Å². The third-order valence-electron chi connectivity index (χ3n) is 3.47. The van der Waals surface area contributed by atoms with E-state index in [1.807, 2.05) is 60.0 Å². The van der Waals surface area contributed by atoms with Gasteiger partial charge in [0.2, 0.25) is 4.80 Å². The summed E-state index contributed by atoms with van der Waals surface area (Å²) >= 11 is 1.51. The van der Waals surface area contributed by atoms with Crippen LogP contribution in [-0.4, -0.2) is 15.9 Å². The van der Waals surface area contributed by atoms with Gasteiger partial charge in [-0.1, -0.05) is 18.2 Å². The molecular weight excluding hydrogens is 332 g/mol. The van der Waals surface area contributed by atoms with E-state index in [9.17, 15) is 0 Å². The average Bonchev–Trinajstić information content (AvgIpc) is 3.31. The summed E-state index contributed by atoms with van der Waals surface area (Å²) in [4.78, 5) is 9.49. The van der Waals surface area contributed by atoms with E-state index in [-0.39, 0.29) is 0 Å². The first-order valence-electron chi connectivity index (χ1n) is 7.69. The number of nitrogens with zero attached hydrogens (tertiary/aromatic N) is 4. The van der Waals surface area contributed by atoms with Crippen molar-refractivity contribution in [3.63, 3.8) is 0 Å². The third kappa shape index (κ3) is 3.49. The molecule has 0 unspecified atom stereocenters. The second kappa shape index (κ2) is 7.11. The van der Waals surface area contributed by atoms with E-state index in [2.05, 4.69) is 10.1 Å². The Hall–Kier alpha value is -3.25. The first-order chi connectivity index (χ1) is 12.4. The number of hydrogen-bond acceptors (Lipinski definition) is 5. The number of hydrogen-bond donors (Lipinski definition) is 0. The zero-order chi connectivity index (χ0) is 16.9. The number of rotatable bonds is 4. The Labute approximate surface area is 148 Å². The first-order valence-corrected chi connectivity index (χ1v) is 8.57. The van der Waals surface area contributed by atoms with Crippen molar-refractivity contribution in [3.8, 4) is 11.5 Å². The minimum absolute atomic E-state index is 0.748. The molecule has 6 heteroatoms. The molecule has 0 atom stereocenters. The topological polar surface area (TPSA) is 55.7 Å². The van der Waals surface area contributed by atoms with Gasteiger partial charge in [0.25, 0.3) is 0 Å². The van der Waals surface area contributed by atoms with Crippen molar-refractivity contribution in [1.82, 2.24) is 9.66 Å². The van der Waals surface area contributed by atoms with Gasteiger partial charge in [0.05, 0.1) is 18.2 Å². The molecule has 0 amide bonds. The zero-order valence-corrected chi connectivity index (χ0v) is 14.0. The molecule has 0 saturated heterocycles. The zero-order valence-electron chi connectivity index (χ0n) is 13.2. The highest BCUT2D eigenvalue weighted by Crippen LogP contribution is 2.21. The monoisotopic (exact) mass is 346 g/mol. The SMILES string of the molecule is C(=Nn1c(-c2ccco2)csc1=Nc1ccccc1)c1ccncc1. The summed E-state index contributed by atoms with van der Waals surface area (Å²) in [5.41, 5.74) is 2.70. The number of pyridine rings is 1. The van der Waals surface area contributed by atoms with Gasteiger partial charge in [-0.15, -0.1) is 11.3 Å². The van der Waals surface area contributed by atoms with Gasteiger partial charge in [0.15, 0.2) is 5.76 Å². The smallest absolute Gasteiger partial charge is 0.211 e. The molecule has 0 aliphatic carbocycles. The fourth-order valence-corrected chi connectivity index (χ4v) is 3.11. The van der Waals surface area contributed by atoms with Crippen molar-refractivity contribution in [2.75, 3.05) is 0 Å². The van der Waals surface area contributed by atoms with E-state index < -0.39 is 0 Å². The Morgan fingerprint density at radius 1 is 1.00 bits per heavy atom. The second-order valence-corrected chi connectivity index (χ2v) is 6.00. The Morgan fingerprint density at radius 2 is 1.84 bits per heavy atom. The molecule has 3 aromatic heterocycles. The predicted octanol–water partition coefficient (Wildman–Crippen LogP) is 4.32. The van der Waals surface area contributed by atoms with E-state index in [1.165, 1.54) is 11.3 Å². The molecule has 0 saturated carbocycles. The van der Waals surface area contributed by atoms with Gasteiger partial charge >= 0.3 is 0 Å². The van der Waals surface area contributed by atoms with E-state index in [0.717, 1.165) is 27.5 Å². The standard InChI is InChI=1S/C19H14N4OS/c1-2-5-16(6-3-1)22-19-23(21-13-15-8-10-20-11-9-15)17(14-25-19)18-7-4-12-24-18/h1-14H. The number of para-hydroxylation sites is 1. The van der Waals surface area contributed by atoms with Crippen LogP contribution in [0.1, 0.15) is 5.56 Å². The van der Waals surface area contributed by atoms with Crippen molar-refractivity contribution in [2.45, 2.75) is 0 Å². The molecule has 0 aliphatic heterocycles. The maximum absolute atomic E-state index is 5.54. The van der Waals surface area contributed by atoms with Gasteiger partial charge in [-0.2, -0.15) is 5.10 Å². The predicted molar refractivity (Wildman–Crippen MR) is 98.9 cm³/mol. The van der Waals surface area contributed by atoms with Gasteiger partial charge in [-0.25, -0.2) is 9.67 Å². The fourth-order valence-electron chi connectivity index (χ4n) is 2.27. The van der Waals surface area contributed by atoms with Crippen LogP contribution in [0.25, 0.3) is 11.5 Å². The second-order valence-electron chi connectivity index (χ2n) is 5.17. The summed E-state index contributed by atoms with van der Waals surface area (Å²) in [6.45, 7) is 0. The van der Waals surface area contributed by atoms with Gasteiger partial charge in [0.1, 0.15) is 5.69 Å². The summed E-state index contributed by atoms with van der Waals surface area (Å²) in [6, 6.07) is 17.4. The molecule has 0 spiro atoms. The van der Waals surface area contributed by atoms with Crippen LogP contribution < -0.4 is 4.80 Å². The minimum atomic E-state index is 0.748. The lowest BCUT2D eigenvalue weighted by Crippen LogP contribution is -2.11. The Balaban J connectivity index is 1.83. The van der Waals surface area contributed by atoms with Crippen LogP contribution in [0.15, 0.2) is 93.1 Å². The van der Waals surface area contributed by atoms with Crippen molar-refractivity contribution < 1.29 is 4.42 Å². The van der Waals surface area contributed by atoms with E-state index in [4.69, 9.17) is 9.41 Å². The normalized spacial score (nSPS) is 12.1. The summed E-state index contributed by atoms with van der Waals surface area (Å²) in [6.07, 6.45) is 6.91. The molecule has 0 radical (unpaired) electrons. The molecule has 1 aromatic carbocycles. The van der Waals surface area contributed by atoms with Crippen LogP contribution in [0.3, 0.4) is 0 Å². The van der Waals surface area contributed by atoms with Gasteiger partial charge in [0, 0.05) is 17.8 Å². The maximum atomic E-state index is 5.54. The molecular formula is C19H14N4OS. The van der Waals surface area contributed by atoms with Crippen molar-refractivity contribution in [1.29, 1.82) is 0 Å². The summed E-state index contributed by atoms with van der Waals surface area (Å²) in [5, 5.41) is 6.60. The number of benzene rings is 1. The molecule has 0 bridgehead atoms. The molecule has 3 heterocycles. The van der Waals surface area contributed by atoms with Crippen molar-refractivity contribution in [3.05, 3.63) is 89.0 Å². The molecule has 0 N–H and O–H groups in total. The van der Waals surface area contributed by atoms with E-state index >= 15 is 0 Å². The van der Waals surface area contributed by atoms with Crippen LogP contribution >= 0.6 is 11.3 Å². The molecule has 25 heavy (non-hydrogen) atoms. The highest BCUT2D eigenvalue weighted by molar-refractivity contribution is 7.07. The van der Waals surface area contributed by atoms with Crippen LogP contribution in [0.5, 0.6) is 0 Å². The lowest BCUT2D eigenvalue weighted by Gasteiger charge is -2.00. The Kier molecular flexibility index (Phi) is 4.35. The van der Waals surface area contributed by atoms with E-state index in [1.54, 1.807) is 29.5 Å². The highest BCUT2D eigenvalue weighted by atomic mass is 32.1. The number of thiazole rings is 1. The minimum Gasteiger partial charge on any atom is -0.463 e. The first kappa shape index (κ1) is 15.3. The van der Waals surface area contributed by atoms with Crippen molar-refractivity contribution in [2.24, 2.45) is 10.1 Å². The summed E-state index contributed by atoms with van der Waals surface area (Å²) < 4.78 is 7.32. The molecule has 4 aromatic rings. The maximum Gasteiger partial charge on any atom is 0.211 e. The van der Waals surface area contributed by atoms with Crippen molar-refractivity contribution >= 4 is 23.2 Å². The van der Waals surface area contributed by atoms with Crippen LogP contribution in [0.4, 0.5) is 5.69 Å². The molecule has 5 nitrogen and oxygen atoms in total. The molecule has 0 aliphatic rings. The highest BCUT2D eigenvalue weighted by Gasteiger charge is 2.09.